The third-order valence-electron chi connectivity index (χ3n) is 6.79. The molecule has 0 saturated carbocycles. The van der Waals surface area contributed by atoms with Crippen LogP contribution in [0.3, 0.4) is 0 Å². The van der Waals surface area contributed by atoms with E-state index in [2.05, 4.69) is 10.6 Å². The molecule has 0 radical (unpaired) electrons. The highest BCUT2D eigenvalue weighted by Crippen LogP contribution is 2.38. The molecule has 0 unspecified atom stereocenters. The number of anilines is 2. The molecule has 0 atom stereocenters. The van der Waals surface area contributed by atoms with E-state index in [0.717, 1.165) is 11.3 Å². The lowest BCUT2D eigenvalue weighted by molar-refractivity contribution is -0.113. The normalized spacial score (nSPS) is 11.1. The maximum Gasteiger partial charge on any atom is 0.272 e. The van der Waals surface area contributed by atoms with Crippen LogP contribution in [0, 0.1) is 0 Å². The van der Waals surface area contributed by atoms with Crippen molar-refractivity contribution in [2.75, 3.05) is 45.6 Å². The molecule has 45 heavy (non-hydrogen) atoms. The van der Waals surface area contributed by atoms with Crippen LogP contribution >= 0.6 is 0 Å². The maximum atomic E-state index is 13.4. The van der Waals surface area contributed by atoms with Gasteiger partial charge in [-0.2, -0.15) is 0 Å². The van der Waals surface area contributed by atoms with Gasteiger partial charge in [0.05, 0.1) is 21.3 Å². The van der Waals surface area contributed by atoms with E-state index in [9.17, 15) is 14.4 Å². The third-order valence-corrected chi connectivity index (χ3v) is 6.79. The molecule has 0 heterocycles. The van der Waals surface area contributed by atoms with E-state index in [1.807, 2.05) is 49.3 Å². The third kappa shape index (κ3) is 8.39. The topological polar surface area (TPSA) is 106 Å². The summed E-state index contributed by atoms with van der Waals surface area (Å²) >= 11 is 0. The number of ether oxygens (including phenoxy) is 3. The molecule has 0 aliphatic rings. The standard InChI is InChI=1S/C36H35N3O6/c1-39(2)29-18-11-24(12-19-29)21-30(38-35(41)27-9-7-6-8-10-27)36(42)37-28-16-14-26(15-17-28)31(40)20-13-25-22-32(43-3)34(45-5)33(23-25)44-4/h6-23H,1-5H3,(H,37,42)(H,38,41)/b20-13+,30-21-. The number of ketones is 1. The van der Waals surface area contributed by atoms with Crippen molar-refractivity contribution in [1.82, 2.24) is 5.32 Å². The Hall–Kier alpha value is -5.83. The first-order chi connectivity index (χ1) is 21.7. The van der Waals surface area contributed by atoms with Gasteiger partial charge in [0.25, 0.3) is 11.8 Å². The number of methoxy groups -OCH3 is 3. The van der Waals surface area contributed by atoms with Gasteiger partial charge in [0, 0.05) is 36.6 Å². The smallest absolute Gasteiger partial charge is 0.272 e. The summed E-state index contributed by atoms with van der Waals surface area (Å²) < 4.78 is 16.1. The predicted octanol–water partition coefficient (Wildman–Crippen LogP) is 6.08. The van der Waals surface area contributed by atoms with E-state index in [-0.39, 0.29) is 11.5 Å². The van der Waals surface area contributed by atoms with Gasteiger partial charge in [0.15, 0.2) is 17.3 Å². The maximum absolute atomic E-state index is 13.4. The van der Waals surface area contributed by atoms with Gasteiger partial charge in [-0.05, 0) is 83.9 Å². The molecular formula is C36H35N3O6. The van der Waals surface area contributed by atoms with Crippen molar-refractivity contribution in [2.24, 2.45) is 0 Å². The van der Waals surface area contributed by atoms with Gasteiger partial charge in [-0.25, -0.2) is 0 Å². The zero-order valence-electron chi connectivity index (χ0n) is 25.8. The Bertz CT molecular complexity index is 1690. The number of hydrogen-bond acceptors (Lipinski definition) is 7. The van der Waals surface area contributed by atoms with Crippen LogP contribution in [0.5, 0.6) is 17.2 Å². The van der Waals surface area contributed by atoms with Crippen LogP contribution in [0.25, 0.3) is 12.2 Å². The molecule has 2 amide bonds. The van der Waals surface area contributed by atoms with Crippen molar-refractivity contribution in [2.45, 2.75) is 0 Å². The Morgan fingerprint density at radius 2 is 1.33 bits per heavy atom. The first-order valence-corrected chi connectivity index (χ1v) is 14.0. The molecule has 0 aromatic heterocycles. The van der Waals surface area contributed by atoms with Gasteiger partial charge in [-0.15, -0.1) is 0 Å². The second-order valence-corrected chi connectivity index (χ2v) is 10.1. The van der Waals surface area contributed by atoms with Crippen LogP contribution in [0.1, 0.15) is 31.8 Å². The minimum atomic E-state index is -0.516. The molecule has 9 heteroatoms. The monoisotopic (exact) mass is 605 g/mol. The molecule has 2 N–H and O–H groups in total. The van der Waals surface area contributed by atoms with Crippen LogP contribution in [-0.2, 0) is 4.79 Å². The van der Waals surface area contributed by atoms with Crippen molar-refractivity contribution in [3.63, 3.8) is 0 Å². The average Bonchev–Trinajstić information content (AvgIpc) is 3.07. The lowest BCUT2D eigenvalue weighted by Gasteiger charge is -2.13. The van der Waals surface area contributed by atoms with Gasteiger partial charge in [-0.1, -0.05) is 36.4 Å². The number of carbonyl (C=O) groups is 3. The SMILES string of the molecule is COc1cc(/C=C/C(=O)c2ccc(NC(=O)/C(=C/c3ccc(N(C)C)cc3)NC(=O)c3ccccc3)cc2)cc(OC)c1OC. The number of carbonyl (C=O) groups excluding carboxylic acids is 3. The van der Waals surface area contributed by atoms with Crippen molar-refractivity contribution >= 4 is 41.1 Å². The first kappa shape index (κ1) is 32.1. The number of allylic oxidation sites excluding steroid dienone is 1. The van der Waals surface area contributed by atoms with E-state index in [1.165, 1.54) is 27.4 Å². The largest absolute Gasteiger partial charge is 0.493 e. The predicted molar refractivity (Wildman–Crippen MR) is 177 cm³/mol. The van der Waals surface area contributed by atoms with Crippen molar-refractivity contribution in [3.8, 4) is 17.2 Å². The highest BCUT2D eigenvalue weighted by Gasteiger charge is 2.16. The first-order valence-electron chi connectivity index (χ1n) is 14.0. The van der Waals surface area contributed by atoms with Crippen LogP contribution in [-0.4, -0.2) is 53.0 Å². The molecular weight excluding hydrogens is 570 g/mol. The van der Waals surface area contributed by atoms with Crippen molar-refractivity contribution in [3.05, 3.63) is 125 Å². The molecule has 4 aromatic carbocycles. The Balaban J connectivity index is 1.50. The molecule has 0 saturated heterocycles. The quantitative estimate of drug-likeness (QED) is 0.149. The highest BCUT2D eigenvalue weighted by molar-refractivity contribution is 6.11. The summed E-state index contributed by atoms with van der Waals surface area (Å²) in [6.07, 6.45) is 4.71. The second-order valence-electron chi connectivity index (χ2n) is 10.1. The lowest BCUT2D eigenvalue weighted by Crippen LogP contribution is -2.30. The number of nitrogens with zero attached hydrogens (tertiary/aromatic N) is 1. The fraction of sp³-hybridized carbons (Fsp3) is 0.139. The average molecular weight is 606 g/mol. The summed E-state index contributed by atoms with van der Waals surface area (Å²) in [5.74, 6) is 0.240. The van der Waals surface area contributed by atoms with Crippen molar-refractivity contribution in [1.29, 1.82) is 0 Å². The van der Waals surface area contributed by atoms with E-state index >= 15 is 0 Å². The van der Waals surface area contributed by atoms with Gasteiger partial charge >= 0.3 is 0 Å². The van der Waals surface area contributed by atoms with E-state index in [4.69, 9.17) is 14.2 Å². The summed E-state index contributed by atoms with van der Waals surface area (Å²) in [5.41, 5.74) is 3.78. The Labute approximate surface area is 262 Å². The van der Waals surface area contributed by atoms with Crippen LogP contribution < -0.4 is 29.7 Å². The van der Waals surface area contributed by atoms with Crippen LogP contribution in [0.15, 0.2) is 103 Å². The zero-order chi connectivity index (χ0) is 32.3. The Morgan fingerprint density at radius 1 is 0.711 bits per heavy atom. The summed E-state index contributed by atoms with van der Waals surface area (Å²) in [6, 6.07) is 26.2. The fourth-order valence-electron chi connectivity index (χ4n) is 4.36. The molecule has 4 aromatic rings. The fourth-order valence-corrected chi connectivity index (χ4v) is 4.36. The van der Waals surface area contributed by atoms with E-state index in [0.29, 0.717) is 39.6 Å². The Morgan fingerprint density at radius 3 is 1.89 bits per heavy atom. The molecule has 0 aliphatic heterocycles. The number of hydrogen-bond donors (Lipinski definition) is 2. The number of benzene rings is 4. The number of amides is 2. The molecule has 230 valence electrons. The van der Waals surface area contributed by atoms with Gasteiger partial charge < -0.3 is 29.7 Å². The molecule has 0 spiro atoms. The molecule has 0 bridgehead atoms. The van der Waals surface area contributed by atoms with E-state index in [1.54, 1.807) is 72.8 Å². The lowest BCUT2D eigenvalue weighted by atomic mass is 10.1. The zero-order valence-corrected chi connectivity index (χ0v) is 25.8. The second kappa shape index (κ2) is 15.1. The minimum Gasteiger partial charge on any atom is -0.493 e. The number of nitrogens with one attached hydrogen (secondary N) is 2. The van der Waals surface area contributed by atoms with Gasteiger partial charge in [0.1, 0.15) is 5.70 Å². The molecule has 4 rings (SSSR count). The summed E-state index contributed by atoms with van der Waals surface area (Å²) in [4.78, 5) is 41.2. The Kier molecular flexibility index (Phi) is 10.7. The number of rotatable bonds is 12. The van der Waals surface area contributed by atoms with E-state index < -0.39 is 11.8 Å². The minimum absolute atomic E-state index is 0.0647. The summed E-state index contributed by atoms with van der Waals surface area (Å²) in [7, 11) is 8.44. The van der Waals surface area contributed by atoms with Crippen molar-refractivity contribution < 1.29 is 28.6 Å². The summed E-state index contributed by atoms with van der Waals surface area (Å²) in [5, 5.41) is 5.54. The van der Waals surface area contributed by atoms with Crippen LogP contribution in [0.2, 0.25) is 0 Å². The molecule has 9 nitrogen and oxygen atoms in total. The molecule has 0 fully saturated rings. The molecule has 0 aliphatic carbocycles. The van der Waals surface area contributed by atoms with Gasteiger partial charge in [0.2, 0.25) is 5.75 Å². The van der Waals surface area contributed by atoms with Crippen LogP contribution in [0.4, 0.5) is 11.4 Å². The highest BCUT2D eigenvalue weighted by atomic mass is 16.5. The summed E-state index contributed by atoms with van der Waals surface area (Å²) in [6.45, 7) is 0. The van der Waals surface area contributed by atoms with Gasteiger partial charge in [-0.3, -0.25) is 14.4 Å².